The number of nitrogens with one attached hydrogen (secondary N) is 2. The van der Waals surface area contributed by atoms with Crippen LogP contribution >= 0.6 is 0 Å². The number of nitrogens with two attached hydrogens (primary N) is 1. The van der Waals surface area contributed by atoms with E-state index in [1.165, 1.54) is 11.1 Å². The lowest BCUT2D eigenvalue weighted by Gasteiger charge is -2.12. The molecule has 1 aliphatic heterocycles. The zero-order valence-corrected chi connectivity index (χ0v) is 16.4. The van der Waals surface area contributed by atoms with E-state index in [0.29, 0.717) is 13.2 Å². The van der Waals surface area contributed by atoms with E-state index in [4.69, 9.17) is 15.2 Å². The molecule has 1 aliphatic rings. The minimum absolute atomic E-state index is 0.249. The van der Waals surface area contributed by atoms with E-state index >= 15 is 0 Å². The van der Waals surface area contributed by atoms with E-state index in [9.17, 15) is 0 Å². The van der Waals surface area contributed by atoms with Crippen molar-refractivity contribution in [1.82, 2.24) is 10.9 Å². The van der Waals surface area contributed by atoms with Crippen molar-refractivity contribution in [2.24, 2.45) is 0 Å². The molecule has 0 aromatic heterocycles. The maximum Gasteiger partial charge on any atom is 0.119 e. The van der Waals surface area contributed by atoms with Crippen LogP contribution in [0.3, 0.4) is 0 Å². The normalized spacial score (nSPS) is 18.5. The summed E-state index contributed by atoms with van der Waals surface area (Å²) in [4.78, 5) is 0. The van der Waals surface area contributed by atoms with E-state index in [0.717, 1.165) is 30.0 Å². The monoisotopic (exact) mass is 389 g/mol. The van der Waals surface area contributed by atoms with Gasteiger partial charge >= 0.3 is 0 Å². The SMILES string of the molecule is Nc1ccc(OCC2CC(c3ccc(OCCc4ccccc4)cc3)NN2)cc1. The molecule has 150 valence electrons. The van der Waals surface area contributed by atoms with Crippen LogP contribution in [-0.2, 0) is 6.42 Å². The first-order valence-electron chi connectivity index (χ1n) is 10.0. The van der Waals surface area contributed by atoms with Gasteiger partial charge in [0.25, 0.3) is 0 Å². The van der Waals surface area contributed by atoms with E-state index in [2.05, 4.69) is 47.2 Å². The van der Waals surface area contributed by atoms with Crippen molar-refractivity contribution in [1.29, 1.82) is 0 Å². The van der Waals surface area contributed by atoms with Gasteiger partial charge in [0.15, 0.2) is 0 Å². The van der Waals surface area contributed by atoms with Crippen LogP contribution in [0.25, 0.3) is 0 Å². The molecular weight excluding hydrogens is 362 g/mol. The van der Waals surface area contributed by atoms with E-state index in [-0.39, 0.29) is 12.1 Å². The molecule has 1 saturated heterocycles. The maximum atomic E-state index is 5.88. The lowest BCUT2D eigenvalue weighted by Crippen LogP contribution is -2.34. The summed E-state index contributed by atoms with van der Waals surface area (Å²) in [6, 6.07) is 26.7. The number of anilines is 1. The van der Waals surface area contributed by atoms with Gasteiger partial charge in [-0.1, -0.05) is 42.5 Å². The van der Waals surface area contributed by atoms with Gasteiger partial charge in [0.1, 0.15) is 18.1 Å². The molecule has 0 amide bonds. The molecule has 2 unspecified atom stereocenters. The molecule has 0 saturated carbocycles. The summed E-state index contributed by atoms with van der Waals surface area (Å²) in [6.07, 6.45) is 1.87. The Balaban J connectivity index is 1.22. The lowest BCUT2D eigenvalue weighted by atomic mass is 10.0. The summed E-state index contributed by atoms with van der Waals surface area (Å²) >= 11 is 0. The fourth-order valence-electron chi connectivity index (χ4n) is 3.44. The average molecular weight is 389 g/mol. The number of ether oxygens (including phenoxy) is 2. The average Bonchev–Trinajstić information content (AvgIpc) is 3.24. The Morgan fingerprint density at radius 3 is 2.24 bits per heavy atom. The highest BCUT2D eigenvalue weighted by molar-refractivity contribution is 5.41. The number of hydrogen-bond acceptors (Lipinski definition) is 5. The first kappa shape index (κ1) is 19.3. The Kier molecular flexibility index (Phi) is 6.29. The van der Waals surface area contributed by atoms with Crippen LogP contribution < -0.4 is 26.1 Å². The third kappa shape index (κ3) is 5.50. The largest absolute Gasteiger partial charge is 0.493 e. The molecule has 5 heteroatoms. The highest BCUT2D eigenvalue weighted by atomic mass is 16.5. The summed E-state index contributed by atoms with van der Waals surface area (Å²) < 4.78 is 11.7. The predicted octanol–water partition coefficient (Wildman–Crippen LogP) is 3.88. The zero-order chi connectivity index (χ0) is 19.9. The minimum atomic E-state index is 0.249. The number of benzene rings is 3. The van der Waals surface area contributed by atoms with E-state index in [1.54, 1.807) is 0 Å². The van der Waals surface area contributed by atoms with Gasteiger partial charge in [-0.25, -0.2) is 5.43 Å². The Morgan fingerprint density at radius 2 is 1.48 bits per heavy atom. The first-order valence-corrected chi connectivity index (χ1v) is 10.0. The summed E-state index contributed by atoms with van der Waals surface area (Å²) in [7, 11) is 0. The molecule has 4 N–H and O–H groups in total. The lowest BCUT2D eigenvalue weighted by molar-refractivity contribution is 0.273. The van der Waals surface area contributed by atoms with E-state index in [1.807, 2.05) is 42.5 Å². The van der Waals surface area contributed by atoms with Gasteiger partial charge < -0.3 is 15.2 Å². The van der Waals surface area contributed by atoms with Crippen molar-refractivity contribution in [2.75, 3.05) is 18.9 Å². The Morgan fingerprint density at radius 1 is 0.793 bits per heavy atom. The van der Waals surface area contributed by atoms with Crippen LogP contribution in [0.2, 0.25) is 0 Å². The molecule has 0 aliphatic carbocycles. The molecule has 4 rings (SSSR count). The zero-order valence-electron chi connectivity index (χ0n) is 16.4. The molecule has 1 heterocycles. The molecule has 0 bridgehead atoms. The summed E-state index contributed by atoms with van der Waals surface area (Å²) in [5, 5.41) is 0. The highest BCUT2D eigenvalue weighted by Crippen LogP contribution is 2.25. The molecule has 29 heavy (non-hydrogen) atoms. The summed E-state index contributed by atoms with van der Waals surface area (Å²) in [6.45, 7) is 1.28. The van der Waals surface area contributed by atoms with Gasteiger partial charge in [0.05, 0.1) is 12.6 Å². The van der Waals surface area contributed by atoms with E-state index < -0.39 is 0 Å². The van der Waals surface area contributed by atoms with Gasteiger partial charge in [0, 0.05) is 18.2 Å². The van der Waals surface area contributed by atoms with Crippen molar-refractivity contribution in [2.45, 2.75) is 24.9 Å². The molecule has 2 atom stereocenters. The van der Waals surface area contributed by atoms with Gasteiger partial charge in [0.2, 0.25) is 0 Å². The van der Waals surface area contributed by atoms with Gasteiger partial charge in [-0.2, -0.15) is 0 Å². The Hall–Kier alpha value is -3.02. The molecule has 3 aromatic carbocycles. The van der Waals surface area contributed by atoms with Crippen LogP contribution in [0.5, 0.6) is 11.5 Å². The molecule has 3 aromatic rings. The van der Waals surface area contributed by atoms with Crippen LogP contribution in [0.15, 0.2) is 78.9 Å². The smallest absolute Gasteiger partial charge is 0.119 e. The second-order valence-corrected chi connectivity index (χ2v) is 7.31. The number of hydrazine groups is 1. The Labute approximate surface area is 171 Å². The molecular formula is C24H27N3O2. The fourth-order valence-corrected chi connectivity index (χ4v) is 3.44. The van der Waals surface area contributed by atoms with Crippen LogP contribution in [0.1, 0.15) is 23.6 Å². The van der Waals surface area contributed by atoms with Crippen LogP contribution in [0.4, 0.5) is 5.69 Å². The molecule has 0 spiro atoms. The van der Waals surface area contributed by atoms with Crippen molar-refractivity contribution in [3.63, 3.8) is 0 Å². The summed E-state index contributed by atoms with van der Waals surface area (Å²) in [5.41, 5.74) is 15.7. The summed E-state index contributed by atoms with van der Waals surface area (Å²) in [5.74, 6) is 1.74. The molecule has 0 radical (unpaired) electrons. The fraction of sp³-hybridized carbons (Fsp3) is 0.250. The quantitative estimate of drug-likeness (QED) is 0.510. The van der Waals surface area contributed by atoms with Crippen molar-refractivity contribution < 1.29 is 9.47 Å². The maximum absolute atomic E-state index is 5.88. The van der Waals surface area contributed by atoms with Crippen molar-refractivity contribution in [3.05, 3.63) is 90.0 Å². The van der Waals surface area contributed by atoms with Crippen molar-refractivity contribution >= 4 is 5.69 Å². The second kappa shape index (κ2) is 9.45. The van der Waals surface area contributed by atoms with Gasteiger partial charge in [-0.15, -0.1) is 0 Å². The second-order valence-electron chi connectivity index (χ2n) is 7.31. The van der Waals surface area contributed by atoms with Crippen molar-refractivity contribution in [3.8, 4) is 11.5 Å². The first-order chi connectivity index (χ1) is 14.3. The minimum Gasteiger partial charge on any atom is -0.493 e. The van der Waals surface area contributed by atoms with Crippen LogP contribution in [0, 0.1) is 0 Å². The highest BCUT2D eigenvalue weighted by Gasteiger charge is 2.25. The number of hydrogen-bond donors (Lipinski definition) is 3. The van der Waals surface area contributed by atoms with Gasteiger partial charge in [-0.05, 0) is 53.9 Å². The topological polar surface area (TPSA) is 68.5 Å². The molecule has 5 nitrogen and oxygen atoms in total. The van der Waals surface area contributed by atoms with Gasteiger partial charge in [-0.3, -0.25) is 5.43 Å². The number of nitrogen functional groups attached to an aromatic ring is 1. The Bertz CT molecular complexity index is 882. The number of rotatable bonds is 8. The predicted molar refractivity (Wildman–Crippen MR) is 116 cm³/mol. The standard InChI is InChI=1S/C24H27N3O2/c25-20-8-12-23(13-9-20)29-17-21-16-24(27-26-21)19-6-10-22(11-7-19)28-15-14-18-4-2-1-3-5-18/h1-13,21,24,26-27H,14-17,25H2. The third-order valence-electron chi connectivity index (χ3n) is 5.10. The molecule has 1 fully saturated rings. The third-order valence-corrected chi connectivity index (χ3v) is 5.10. The van der Waals surface area contributed by atoms with Crippen LogP contribution in [-0.4, -0.2) is 19.3 Å².